The smallest absolute Gasteiger partial charge is 0.275 e. The Morgan fingerprint density at radius 1 is 1.40 bits per heavy atom. The van der Waals surface area contributed by atoms with Crippen molar-refractivity contribution in [1.82, 2.24) is 25.2 Å². The number of anilines is 1. The second-order valence-corrected chi connectivity index (χ2v) is 5.07. The number of thiazole rings is 1. The molecule has 0 aliphatic heterocycles. The van der Waals surface area contributed by atoms with E-state index in [9.17, 15) is 4.79 Å². The molecule has 1 aromatic carbocycles. The topological polar surface area (TPSA) is 85.6 Å². The van der Waals surface area contributed by atoms with Gasteiger partial charge in [-0.1, -0.05) is 6.07 Å². The molecule has 0 spiro atoms. The van der Waals surface area contributed by atoms with Crippen LogP contribution in [0.2, 0.25) is 0 Å². The largest absolute Gasteiger partial charge is 0.321 e. The van der Waals surface area contributed by atoms with Gasteiger partial charge >= 0.3 is 0 Å². The lowest BCUT2D eigenvalue weighted by Gasteiger charge is -2.05. The molecule has 0 bridgehead atoms. The van der Waals surface area contributed by atoms with Crippen molar-refractivity contribution >= 4 is 22.9 Å². The fourth-order valence-electron chi connectivity index (χ4n) is 1.67. The van der Waals surface area contributed by atoms with Crippen molar-refractivity contribution in [2.75, 3.05) is 5.32 Å². The summed E-state index contributed by atoms with van der Waals surface area (Å²) in [5, 5.41) is 16.3. The molecule has 7 nitrogen and oxygen atoms in total. The lowest BCUT2D eigenvalue weighted by molar-refractivity contribution is 0.102. The minimum Gasteiger partial charge on any atom is -0.321 e. The van der Waals surface area contributed by atoms with E-state index in [1.54, 1.807) is 17.5 Å². The number of rotatable bonds is 3. The first-order chi connectivity index (χ1) is 9.72. The molecule has 0 aliphatic carbocycles. The summed E-state index contributed by atoms with van der Waals surface area (Å²) in [7, 11) is 0. The van der Waals surface area contributed by atoms with Gasteiger partial charge in [0.1, 0.15) is 12.0 Å². The maximum absolute atomic E-state index is 12.0. The summed E-state index contributed by atoms with van der Waals surface area (Å²) < 4.78 is 1.52. The molecule has 0 aliphatic rings. The van der Waals surface area contributed by atoms with Crippen LogP contribution in [0.15, 0.2) is 36.0 Å². The minimum absolute atomic E-state index is 0.233. The van der Waals surface area contributed by atoms with Crippen LogP contribution in [0.1, 0.15) is 15.5 Å². The van der Waals surface area contributed by atoms with E-state index in [1.807, 2.05) is 19.1 Å². The number of hydrogen-bond acceptors (Lipinski definition) is 6. The second kappa shape index (κ2) is 5.17. The van der Waals surface area contributed by atoms with Crippen LogP contribution in [-0.2, 0) is 0 Å². The molecule has 2 aromatic heterocycles. The van der Waals surface area contributed by atoms with Crippen LogP contribution >= 0.6 is 11.3 Å². The standard InChI is InChI=1S/C12H10N6OS/c1-8-14-11(6-20-8)12(19)15-9-3-2-4-10(5-9)18-7-13-16-17-18/h2-7H,1H3,(H,15,19). The van der Waals surface area contributed by atoms with Gasteiger partial charge in [-0.15, -0.1) is 16.4 Å². The van der Waals surface area contributed by atoms with Crippen molar-refractivity contribution in [3.8, 4) is 5.69 Å². The molecule has 0 unspecified atom stereocenters. The number of nitrogens with one attached hydrogen (secondary N) is 1. The SMILES string of the molecule is Cc1nc(C(=O)Nc2cccc(-n3cnnn3)c2)cs1. The van der Waals surface area contributed by atoms with Crippen molar-refractivity contribution in [3.63, 3.8) is 0 Å². The number of aryl methyl sites for hydroxylation is 1. The molecule has 8 heteroatoms. The van der Waals surface area contributed by atoms with Crippen LogP contribution in [-0.4, -0.2) is 31.1 Å². The van der Waals surface area contributed by atoms with E-state index < -0.39 is 0 Å². The highest BCUT2D eigenvalue weighted by molar-refractivity contribution is 7.09. The Kier molecular flexibility index (Phi) is 3.21. The van der Waals surface area contributed by atoms with Gasteiger partial charge in [-0.3, -0.25) is 4.79 Å². The van der Waals surface area contributed by atoms with E-state index in [0.717, 1.165) is 10.7 Å². The van der Waals surface area contributed by atoms with Crippen LogP contribution in [0.5, 0.6) is 0 Å². The maximum atomic E-state index is 12.0. The number of aromatic nitrogens is 5. The van der Waals surface area contributed by atoms with E-state index in [0.29, 0.717) is 11.4 Å². The summed E-state index contributed by atoms with van der Waals surface area (Å²) in [6.07, 6.45) is 1.49. The fourth-order valence-corrected chi connectivity index (χ4v) is 2.26. The van der Waals surface area contributed by atoms with Gasteiger partial charge in [0.05, 0.1) is 10.7 Å². The number of nitrogens with zero attached hydrogens (tertiary/aromatic N) is 5. The zero-order valence-corrected chi connectivity index (χ0v) is 11.3. The summed E-state index contributed by atoms with van der Waals surface area (Å²) in [5.41, 5.74) is 1.84. The highest BCUT2D eigenvalue weighted by Crippen LogP contribution is 2.15. The van der Waals surface area contributed by atoms with Gasteiger partial charge in [-0.25, -0.2) is 9.67 Å². The summed E-state index contributed by atoms with van der Waals surface area (Å²) in [5.74, 6) is -0.233. The van der Waals surface area contributed by atoms with Gasteiger partial charge in [0.15, 0.2) is 0 Å². The van der Waals surface area contributed by atoms with E-state index in [-0.39, 0.29) is 5.91 Å². The van der Waals surface area contributed by atoms with Gasteiger partial charge in [-0.05, 0) is 35.5 Å². The van der Waals surface area contributed by atoms with Crippen LogP contribution in [0.3, 0.4) is 0 Å². The molecule has 1 amide bonds. The molecular weight excluding hydrogens is 276 g/mol. The molecule has 0 fully saturated rings. The van der Waals surface area contributed by atoms with E-state index in [4.69, 9.17) is 0 Å². The quantitative estimate of drug-likeness (QED) is 0.791. The first-order valence-electron chi connectivity index (χ1n) is 5.79. The van der Waals surface area contributed by atoms with Crippen molar-refractivity contribution in [2.24, 2.45) is 0 Å². The van der Waals surface area contributed by atoms with Gasteiger partial charge < -0.3 is 5.32 Å². The first kappa shape index (κ1) is 12.4. The average molecular weight is 286 g/mol. The minimum atomic E-state index is -0.233. The Hall–Kier alpha value is -2.61. The number of tetrazole rings is 1. The molecule has 1 N–H and O–H groups in total. The molecule has 0 atom stereocenters. The number of benzene rings is 1. The zero-order chi connectivity index (χ0) is 13.9. The van der Waals surface area contributed by atoms with Gasteiger partial charge in [0.2, 0.25) is 0 Å². The van der Waals surface area contributed by atoms with E-state index in [1.165, 1.54) is 22.3 Å². The summed E-state index contributed by atoms with van der Waals surface area (Å²) >= 11 is 1.44. The fraction of sp³-hybridized carbons (Fsp3) is 0.0833. The summed E-state index contributed by atoms with van der Waals surface area (Å²) in [6.45, 7) is 1.86. The Morgan fingerprint density at radius 3 is 3.00 bits per heavy atom. The average Bonchev–Trinajstić information content (AvgIpc) is 3.10. The van der Waals surface area contributed by atoms with Gasteiger partial charge in [-0.2, -0.15) is 0 Å². The van der Waals surface area contributed by atoms with Gasteiger partial charge in [0, 0.05) is 11.1 Å². The lowest BCUT2D eigenvalue weighted by atomic mass is 10.2. The molecule has 2 heterocycles. The van der Waals surface area contributed by atoms with E-state index in [2.05, 4.69) is 25.8 Å². The lowest BCUT2D eigenvalue weighted by Crippen LogP contribution is -2.12. The van der Waals surface area contributed by atoms with Crippen LogP contribution in [0, 0.1) is 6.92 Å². The normalized spacial score (nSPS) is 10.4. The van der Waals surface area contributed by atoms with Crippen molar-refractivity contribution in [3.05, 3.63) is 46.7 Å². The number of carbonyl (C=O) groups excluding carboxylic acids is 1. The third kappa shape index (κ3) is 2.54. The van der Waals surface area contributed by atoms with Crippen LogP contribution in [0.4, 0.5) is 5.69 Å². The predicted molar refractivity (Wildman–Crippen MR) is 74.0 cm³/mol. The van der Waals surface area contributed by atoms with Crippen molar-refractivity contribution < 1.29 is 4.79 Å². The first-order valence-corrected chi connectivity index (χ1v) is 6.67. The highest BCUT2D eigenvalue weighted by atomic mass is 32.1. The highest BCUT2D eigenvalue weighted by Gasteiger charge is 2.10. The third-order valence-electron chi connectivity index (χ3n) is 2.57. The summed E-state index contributed by atoms with van der Waals surface area (Å²) in [6, 6.07) is 7.25. The molecule has 100 valence electrons. The summed E-state index contributed by atoms with van der Waals surface area (Å²) in [4.78, 5) is 16.2. The maximum Gasteiger partial charge on any atom is 0.275 e. The molecule has 0 saturated carbocycles. The van der Waals surface area contributed by atoms with Crippen LogP contribution in [0.25, 0.3) is 5.69 Å². The molecular formula is C12H10N6OS. The second-order valence-electron chi connectivity index (χ2n) is 4.01. The Labute approximate surface area is 118 Å². The van der Waals surface area contributed by atoms with Crippen molar-refractivity contribution in [2.45, 2.75) is 6.92 Å². The molecule has 20 heavy (non-hydrogen) atoms. The van der Waals surface area contributed by atoms with Crippen LogP contribution < -0.4 is 5.32 Å². The Balaban J connectivity index is 1.81. The number of amides is 1. The zero-order valence-electron chi connectivity index (χ0n) is 10.5. The monoisotopic (exact) mass is 286 g/mol. The number of carbonyl (C=O) groups is 1. The van der Waals surface area contributed by atoms with Gasteiger partial charge in [0.25, 0.3) is 5.91 Å². The molecule has 3 aromatic rings. The predicted octanol–water partition coefficient (Wildman–Crippen LogP) is 1.68. The number of hydrogen-bond donors (Lipinski definition) is 1. The van der Waals surface area contributed by atoms with E-state index >= 15 is 0 Å². The Morgan fingerprint density at radius 2 is 2.30 bits per heavy atom. The third-order valence-corrected chi connectivity index (χ3v) is 3.34. The van der Waals surface area contributed by atoms with Crippen molar-refractivity contribution in [1.29, 1.82) is 0 Å². The molecule has 0 radical (unpaired) electrons. The molecule has 3 rings (SSSR count). The Bertz CT molecular complexity index is 736. The molecule has 0 saturated heterocycles.